The molecule has 0 bridgehead atoms. The van der Waals surface area contributed by atoms with Crippen molar-refractivity contribution in [3.05, 3.63) is 0 Å². The molecule has 26 heavy (non-hydrogen) atoms. The molecule has 0 aromatic carbocycles. The topological polar surface area (TPSA) is 52.6 Å². The second-order valence-corrected chi connectivity index (χ2v) is 6.85. The van der Waals surface area contributed by atoms with E-state index in [0.717, 1.165) is 13.8 Å². The summed E-state index contributed by atoms with van der Waals surface area (Å²) < 4.78 is 84.8. The molecule has 154 valence electrons. The zero-order valence-electron chi connectivity index (χ0n) is 15.2. The van der Waals surface area contributed by atoms with Crippen LogP contribution in [0.15, 0.2) is 0 Å². The zero-order valence-corrected chi connectivity index (χ0v) is 15.2. The highest BCUT2D eigenvalue weighted by Gasteiger charge is 2.57. The summed E-state index contributed by atoms with van der Waals surface area (Å²) in [5.74, 6) is -3.36. The molecular weight excluding hydrogens is 370 g/mol. The maximum absolute atomic E-state index is 12.7. The molecule has 10 heteroatoms. The molecule has 0 aliphatic rings. The van der Waals surface area contributed by atoms with E-state index >= 15 is 0 Å². The van der Waals surface area contributed by atoms with Crippen molar-refractivity contribution >= 4 is 11.9 Å². The van der Waals surface area contributed by atoms with Crippen molar-refractivity contribution in [3.8, 4) is 0 Å². The van der Waals surface area contributed by atoms with Crippen LogP contribution >= 0.6 is 0 Å². The first-order valence-electron chi connectivity index (χ1n) is 7.87. The molecule has 0 radical (unpaired) electrons. The van der Waals surface area contributed by atoms with E-state index < -0.39 is 67.1 Å². The summed E-state index contributed by atoms with van der Waals surface area (Å²) in [6.45, 7) is 3.14. The molecule has 0 aliphatic carbocycles. The number of carbonyl (C=O) groups excluding carboxylic acids is 2. The number of ether oxygens (including phenoxy) is 2. The molecule has 0 saturated heterocycles. The third-order valence-corrected chi connectivity index (χ3v) is 4.77. The van der Waals surface area contributed by atoms with Gasteiger partial charge in [0.2, 0.25) is 0 Å². The Hall–Kier alpha value is -1.48. The molecule has 3 unspecified atom stereocenters. The second kappa shape index (κ2) is 9.45. The fourth-order valence-electron chi connectivity index (χ4n) is 2.27. The van der Waals surface area contributed by atoms with Gasteiger partial charge >= 0.3 is 11.9 Å². The van der Waals surface area contributed by atoms with Crippen LogP contribution in [0.3, 0.4) is 0 Å². The summed E-state index contributed by atoms with van der Waals surface area (Å²) in [5.41, 5.74) is -3.70. The van der Waals surface area contributed by atoms with Crippen LogP contribution in [-0.2, 0) is 19.1 Å². The van der Waals surface area contributed by atoms with E-state index in [9.17, 15) is 35.9 Å². The normalized spacial score (nSPS) is 17.2. The van der Waals surface area contributed by atoms with Crippen LogP contribution < -0.4 is 0 Å². The van der Waals surface area contributed by atoms with E-state index in [-0.39, 0.29) is 0 Å². The third kappa shape index (κ3) is 5.03. The Labute approximate surface area is 148 Å². The number of alkyl halides is 6. The molecular formula is C16H24F6O4. The summed E-state index contributed by atoms with van der Waals surface area (Å²) in [6, 6.07) is 0. The predicted octanol–water partition coefficient (Wildman–Crippen LogP) is 3.97. The average molecular weight is 394 g/mol. The molecule has 0 saturated carbocycles. The Kier molecular flexibility index (Phi) is 8.92. The summed E-state index contributed by atoms with van der Waals surface area (Å²) in [6.07, 6.45) is -11.2. The largest absolute Gasteiger partial charge is 0.453 e. The lowest BCUT2D eigenvalue weighted by molar-refractivity contribution is -0.196. The first-order valence-corrected chi connectivity index (χ1v) is 7.87. The molecule has 0 aliphatic heterocycles. The van der Waals surface area contributed by atoms with Gasteiger partial charge in [-0.05, 0) is 26.7 Å². The highest BCUT2D eigenvalue weighted by atomic mass is 19.3. The Morgan fingerprint density at radius 1 is 0.808 bits per heavy atom. The van der Waals surface area contributed by atoms with Gasteiger partial charge in [-0.3, -0.25) is 9.59 Å². The van der Waals surface area contributed by atoms with Gasteiger partial charge in [0.15, 0.2) is 12.2 Å². The second-order valence-electron chi connectivity index (χ2n) is 6.85. The van der Waals surface area contributed by atoms with Crippen molar-refractivity contribution in [1.82, 2.24) is 0 Å². The first kappa shape index (κ1) is 24.5. The van der Waals surface area contributed by atoms with E-state index in [2.05, 4.69) is 9.47 Å². The minimum atomic E-state index is -3.29. The molecule has 0 fully saturated rings. The van der Waals surface area contributed by atoms with Gasteiger partial charge in [0.05, 0.1) is 10.8 Å². The fraction of sp³-hybridized carbons (Fsp3) is 0.875. The quantitative estimate of drug-likeness (QED) is 0.416. The van der Waals surface area contributed by atoms with Crippen molar-refractivity contribution in [1.29, 1.82) is 0 Å². The van der Waals surface area contributed by atoms with Crippen LogP contribution in [0.1, 0.15) is 34.6 Å². The standard InChI is InChI=1S/C16H24F6O4/c1-8(2)16(5,14(24)26-10(7-18)12(21)22)15(3,4)13(23)25-9(6-17)11(19)20/h8-12H,6-7H2,1-5H3. The molecule has 0 N–H and O–H groups in total. The maximum Gasteiger partial charge on any atom is 0.313 e. The van der Waals surface area contributed by atoms with Gasteiger partial charge in [0, 0.05) is 0 Å². The number of carbonyl (C=O) groups is 2. The molecule has 0 heterocycles. The van der Waals surface area contributed by atoms with Crippen LogP contribution in [0.4, 0.5) is 26.3 Å². The van der Waals surface area contributed by atoms with Crippen LogP contribution in [0.5, 0.6) is 0 Å². The molecule has 0 spiro atoms. The van der Waals surface area contributed by atoms with Gasteiger partial charge in [-0.25, -0.2) is 26.3 Å². The van der Waals surface area contributed by atoms with Gasteiger partial charge in [0.1, 0.15) is 13.3 Å². The average Bonchev–Trinajstić information content (AvgIpc) is 2.54. The molecule has 0 aromatic rings. The molecule has 0 aromatic heterocycles. The lowest BCUT2D eigenvalue weighted by atomic mass is 9.60. The lowest BCUT2D eigenvalue weighted by Gasteiger charge is -2.43. The summed E-state index contributed by atoms with van der Waals surface area (Å²) in [7, 11) is 0. The Bertz CT molecular complexity index is 483. The minimum absolute atomic E-state index is 0.717. The fourth-order valence-corrected chi connectivity index (χ4v) is 2.27. The summed E-state index contributed by atoms with van der Waals surface area (Å²) >= 11 is 0. The predicted molar refractivity (Wildman–Crippen MR) is 80.4 cm³/mol. The molecule has 0 amide bonds. The molecule has 0 rings (SSSR count). The molecule has 3 atom stereocenters. The van der Waals surface area contributed by atoms with Crippen molar-refractivity contribution in [2.75, 3.05) is 13.3 Å². The minimum Gasteiger partial charge on any atom is -0.453 e. The number of esters is 2. The lowest BCUT2D eigenvalue weighted by Crippen LogP contribution is -2.53. The van der Waals surface area contributed by atoms with Crippen LogP contribution in [0.25, 0.3) is 0 Å². The third-order valence-electron chi connectivity index (χ3n) is 4.77. The van der Waals surface area contributed by atoms with Crippen molar-refractivity contribution in [3.63, 3.8) is 0 Å². The van der Waals surface area contributed by atoms with Gasteiger partial charge in [-0.1, -0.05) is 13.8 Å². The van der Waals surface area contributed by atoms with Crippen LogP contribution in [0.2, 0.25) is 0 Å². The smallest absolute Gasteiger partial charge is 0.313 e. The van der Waals surface area contributed by atoms with Crippen molar-refractivity contribution < 1.29 is 45.4 Å². The molecule has 4 nitrogen and oxygen atoms in total. The summed E-state index contributed by atoms with van der Waals surface area (Å²) in [4.78, 5) is 24.8. The van der Waals surface area contributed by atoms with Gasteiger partial charge in [0.25, 0.3) is 12.9 Å². The van der Waals surface area contributed by atoms with Crippen LogP contribution in [0, 0.1) is 16.7 Å². The number of halogens is 6. The Balaban J connectivity index is 5.72. The zero-order chi connectivity index (χ0) is 20.9. The van der Waals surface area contributed by atoms with Gasteiger partial charge < -0.3 is 9.47 Å². The van der Waals surface area contributed by atoms with E-state index in [1.165, 1.54) is 20.8 Å². The van der Waals surface area contributed by atoms with Gasteiger partial charge in [-0.15, -0.1) is 0 Å². The number of hydrogen-bond donors (Lipinski definition) is 0. The van der Waals surface area contributed by atoms with Crippen molar-refractivity contribution in [2.45, 2.75) is 59.7 Å². The SMILES string of the molecule is CC(C)C(C)(C(=O)OC(CF)C(F)F)C(C)(C)C(=O)OC(CF)C(F)F. The summed E-state index contributed by atoms with van der Waals surface area (Å²) in [5, 5.41) is 0. The van der Waals surface area contributed by atoms with E-state index in [1.54, 1.807) is 0 Å². The number of rotatable bonds is 10. The van der Waals surface area contributed by atoms with E-state index in [4.69, 9.17) is 0 Å². The number of hydrogen-bond acceptors (Lipinski definition) is 4. The first-order chi connectivity index (χ1) is 11.8. The highest BCUT2D eigenvalue weighted by molar-refractivity contribution is 5.88. The monoisotopic (exact) mass is 394 g/mol. The van der Waals surface area contributed by atoms with Crippen molar-refractivity contribution in [2.24, 2.45) is 16.7 Å². The van der Waals surface area contributed by atoms with Crippen LogP contribution in [-0.4, -0.2) is 50.3 Å². The Morgan fingerprint density at radius 2 is 1.15 bits per heavy atom. The maximum atomic E-state index is 12.7. The Morgan fingerprint density at radius 3 is 1.42 bits per heavy atom. The highest BCUT2D eigenvalue weighted by Crippen LogP contribution is 2.47. The van der Waals surface area contributed by atoms with Gasteiger partial charge in [-0.2, -0.15) is 0 Å². The van der Waals surface area contributed by atoms with E-state index in [1.807, 2.05) is 0 Å². The van der Waals surface area contributed by atoms with E-state index in [0.29, 0.717) is 0 Å².